The summed E-state index contributed by atoms with van der Waals surface area (Å²) < 4.78 is 10.4. The highest BCUT2D eigenvalue weighted by Gasteiger charge is 2.39. The Balaban J connectivity index is 1.95. The zero-order chi connectivity index (χ0) is 17.6. The fourth-order valence-corrected chi connectivity index (χ4v) is 2.95. The third-order valence-corrected chi connectivity index (χ3v) is 4.58. The molecule has 6 heteroatoms. The highest BCUT2D eigenvalue weighted by Crippen LogP contribution is 2.34. The smallest absolute Gasteiger partial charge is 0.321 e. The van der Waals surface area contributed by atoms with E-state index in [1.54, 1.807) is 13.8 Å². The van der Waals surface area contributed by atoms with Crippen LogP contribution >= 0.6 is 22.6 Å². The minimum Gasteiger partial charge on any atom is -0.464 e. The van der Waals surface area contributed by atoms with Crippen LogP contribution in [0.15, 0.2) is 30.3 Å². The van der Waals surface area contributed by atoms with Crippen molar-refractivity contribution < 1.29 is 24.4 Å². The van der Waals surface area contributed by atoms with Gasteiger partial charge in [-0.2, -0.15) is 0 Å². The van der Waals surface area contributed by atoms with E-state index in [9.17, 15) is 9.59 Å². The largest absolute Gasteiger partial charge is 0.464 e. The van der Waals surface area contributed by atoms with Crippen LogP contribution in [0.3, 0.4) is 0 Å². The maximum Gasteiger partial charge on any atom is 0.321 e. The number of ether oxygens (including phenoxy) is 2. The second kappa shape index (κ2) is 8.29. The molecule has 0 aromatic heterocycles. The summed E-state index contributed by atoms with van der Waals surface area (Å²) in [5, 5.41) is 2.24. The van der Waals surface area contributed by atoms with Crippen molar-refractivity contribution in [3.63, 3.8) is 0 Å². The van der Waals surface area contributed by atoms with Gasteiger partial charge in [0.1, 0.15) is 15.6 Å². The van der Waals surface area contributed by atoms with Crippen molar-refractivity contribution in [2.24, 2.45) is 0 Å². The highest BCUT2D eigenvalue weighted by molar-refractivity contribution is 14.1. The Morgan fingerprint density at radius 1 is 1.21 bits per heavy atom. The van der Waals surface area contributed by atoms with E-state index in [1.807, 2.05) is 52.9 Å². The molecule has 1 heterocycles. The zero-order valence-electron chi connectivity index (χ0n) is 14.2. The van der Waals surface area contributed by atoms with Crippen LogP contribution in [-0.2, 0) is 24.7 Å². The molecule has 0 aliphatic carbocycles. The number of carbonyl (C=O) groups is 2. The predicted molar refractivity (Wildman–Crippen MR) is 98.8 cm³/mol. The summed E-state index contributed by atoms with van der Waals surface area (Å²) >= 11 is 2.02. The number of hydrogen-bond donors (Lipinski definition) is 1. The van der Waals surface area contributed by atoms with Crippen molar-refractivity contribution in [2.75, 3.05) is 19.7 Å². The molecule has 0 bridgehead atoms. The second-order valence-corrected chi connectivity index (χ2v) is 9.26. The van der Waals surface area contributed by atoms with Crippen molar-refractivity contribution in [3.05, 3.63) is 35.9 Å². The van der Waals surface area contributed by atoms with E-state index >= 15 is 0 Å². The lowest BCUT2D eigenvalue weighted by Gasteiger charge is -2.36. The van der Waals surface area contributed by atoms with Crippen LogP contribution in [0, 0.1) is 0 Å². The van der Waals surface area contributed by atoms with Gasteiger partial charge in [0.05, 0.1) is 19.5 Å². The molecule has 0 spiro atoms. The van der Waals surface area contributed by atoms with Crippen molar-refractivity contribution in [1.29, 1.82) is 0 Å². The second-order valence-electron chi connectivity index (χ2n) is 6.56. The number of esters is 2. The molecule has 1 aliphatic rings. The van der Waals surface area contributed by atoms with Gasteiger partial charge in [0.15, 0.2) is 0 Å². The summed E-state index contributed by atoms with van der Waals surface area (Å²) in [4.78, 5) is 24.0. The van der Waals surface area contributed by atoms with Crippen LogP contribution in [0.25, 0.3) is 0 Å². The normalized spacial score (nSPS) is 17.1. The summed E-state index contributed by atoms with van der Waals surface area (Å²) in [5.74, 6) is -0.638. The Morgan fingerprint density at radius 2 is 1.83 bits per heavy atom. The fraction of sp³-hybridized carbons (Fsp3) is 0.556. The van der Waals surface area contributed by atoms with Crippen molar-refractivity contribution in [3.8, 4) is 0 Å². The number of rotatable bonds is 6. The van der Waals surface area contributed by atoms with Crippen molar-refractivity contribution in [2.45, 2.75) is 42.1 Å². The minimum atomic E-state index is -0.591. The maximum absolute atomic E-state index is 12.3. The van der Waals surface area contributed by atoms with E-state index < -0.39 is 9.02 Å². The van der Waals surface area contributed by atoms with Crippen LogP contribution in [0.1, 0.15) is 38.7 Å². The number of quaternary nitrogens is 1. The summed E-state index contributed by atoms with van der Waals surface area (Å²) in [6, 6.07) is 9.91. The molecule has 0 unspecified atom stereocenters. The van der Waals surface area contributed by atoms with Crippen molar-refractivity contribution in [1.82, 2.24) is 0 Å². The third kappa shape index (κ3) is 5.17. The Morgan fingerprint density at radius 3 is 2.42 bits per heavy atom. The van der Waals surface area contributed by atoms with E-state index in [1.165, 1.54) is 0 Å². The lowest BCUT2D eigenvalue weighted by molar-refractivity contribution is -0.668. The number of alkyl halides is 1. The van der Waals surface area contributed by atoms with Gasteiger partial charge in [0, 0.05) is 12.8 Å². The summed E-state index contributed by atoms with van der Waals surface area (Å²) in [7, 11) is 0. The molecule has 5 nitrogen and oxygen atoms in total. The monoisotopic (exact) mass is 446 g/mol. The molecule has 2 rings (SSSR count). The number of hydrogen-bond acceptors (Lipinski definition) is 4. The molecular formula is C18H25INO4+. The van der Waals surface area contributed by atoms with Crippen LogP contribution in [0.2, 0.25) is 0 Å². The Kier molecular flexibility index (Phi) is 6.62. The SMILES string of the molecule is CC(C)(I)C(=O)OCCC(=O)OC1(c2ccccc2)CC[NH2+]CC1. The van der Waals surface area contributed by atoms with E-state index in [0.717, 1.165) is 31.5 Å². The van der Waals surface area contributed by atoms with Gasteiger partial charge in [-0.1, -0.05) is 52.9 Å². The van der Waals surface area contributed by atoms with Crippen LogP contribution in [0.5, 0.6) is 0 Å². The average Bonchev–Trinajstić information content (AvgIpc) is 2.55. The third-order valence-electron chi connectivity index (χ3n) is 4.14. The number of carbonyl (C=O) groups excluding carboxylic acids is 2. The summed E-state index contributed by atoms with van der Waals surface area (Å²) in [6.45, 7) is 5.47. The minimum absolute atomic E-state index is 0.0566. The van der Waals surface area contributed by atoms with Gasteiger partial charge in [-0.15, -0.1) is 0 Å². The topological polar surface area (TPSA) is 69.2 Å². The molecule has 1 aliphatic heterocycles. The molecule has 24 heavy (non-hydrogen) atoms. The maximum atomic E-state index is 12.3. The Labute approximate surface area is 156 Å². The summed E-state index contributed by atoms with van der Waals surface area (Å²) in [6.07, 6.45) is 1.67. The molecular weight excluding hydrogens is 421 g/mol. The van der Waals surface area contributed by atoms with Gasteiger partial charge in [-0.3, -0.25) is 9.59 Å². The first kappa shape index (κ1) is 19.2. The molecule has 1 fully saturated rings. The number of halogens is 1. The molecule has 2 N–H and O–H groups in total. The number of piperidine rings is 1. The van der Waals surface area contributed by atoms with E-state index in [0.29, 0.717) is 0 Å². The molecule has 0 amide bonds. The fourth-order valence-electron chi connectivity index (χ4n) is 2.80. The quantitative estimate of drug-likeness (QED) is 0.412. The lowest BCUT2D eigenvalue weighted by Crippen LogP contribution is -2.87. The molecule has 0 atom stereocenters. The first-order valence-electron chi connectivity index (χ1n) is 8.29. The lowest BCUT2D eigenvalue weighted by atomic mass is 9.85. The molecule has 0 saturated carbocycles. The highest BCUT2D eigenvalue weighted by atomic mass is 127. The van der Waals surface area contributed by atoms with Crippen LogP contribution in [0.4, 0.5) is 0 Å². The van der Waals surface area contributed by atoms with Gasteiger partial charge in [0.25, 0.3) is 0 Å². The van der Waals surface area contributed by atoms with E-state index in [-0.39, 0.29) is 25.0 Å². The van der Waals surface area contributed by atoms with Gasteiger partial charge in [-0.05, 0) is 19.4 Å². The first-order valence-corrected chi connectivity index (χ1v) is 9.36. The zero-order valence-corrected chi connectivity index (χ0v) is 16.4. The van der Waals surface area contributed by atoms with Crippen LogP contribution in [-0.4, -0.2) is 35.1 Å². The molecule has 0 radical (unpaired) electrons. The van der Waals surface area contributed by atoms with Crippen molar-refractivity contribution >= 4 is 34.5 Å². The predicted octanol–water partition coefficient (Wildman–Crippen LogP) is 1.93. The van der Waals surface area contributed by atoms with E-state index in [2.05, 4.69) is 5.32 Å². The van der Waals surface area contributed by atoms with Gasteiger partial charge >= 0.3 is 11.9 Å². The Hall–Kier alpha value is -1.15. The van der Waals surface area contributed by atoms with Crippen LogP contribution < -0.4 is 5.32 Å². The summed E-state index contributed by atoms with van der Waals surface area (Å²) in [5.41, 5.74) is 0.483. The average molecular weight is 446 g/mol. The molecule has 1 saturated heterocycles. The van der Waals surface area contributed by atoms with Gasteiger partial charge in [0.2, 0.25) is 0 Å². The first-order chi connectivity index (χ1) is 11.3. The van der Waals surface area contributed by atoms with Gasteiger partial charge < -0.3 is 14.8 Å². The van der Waals surface area contributed by atoms with Gasteiger partial charge in [-0.25, -0.2) is 0 Å². The van der Waals surface area contributed by atoms with E-state index in [4.69, 9.17) is 9.47 Å². The standard InChI is InChI=1S/C18H24INO4/c1-17(2,19)16(22)23-13-8-15(21)24-18(9-11-20-12-10-18)14-6-4-3-5-7-14/h3-7,20H,8-13H2,1-2H3/p+1. The molecule has 132 valence electrons. The number of nitrogens with two attached hydrogens (primary N) is 1. The Bertz CT molecular complexity index is 562. The molecule has 1 aromatic rings. The number of benzene rings is 1. The molecule has 1 aromatic carbocycles.